The van der Waals surface area contributed by atoms with Crippen LogP contribution in [0.25, 0.3) is 16.6 Å². The maximum absolute atomic E-state index is 4.47. The predicted octanol–water partition coefficient (Wildman–Crippen LogP) is 3.14. The predicted molar refractivity (Wildman–Crippen MR) is 111 cm³/mol. The highest BCUT2D eigenvalue weighted by Crippen LogP contribution is 2.19. The summed E-state index contributed by atoms with van der Waals surface area (Å²) < 4.78 is 1.77. The molecular weight excluding hydrogens is 348 g/mol. The van der Waals surface area contributed by atoms with Gasteiger partial charge in [-0.15, -0.1) is 0 Å². The average Bonchev–Trinajstić information content (AvgIpc) is 3.29. The maximum atomic E-state index is 4.47. The third-order valence-electron chi connectivity index (χ3n) is 5.29. The molecule has 1 aliphatic heterocycles. The van der Waals surface area contributed by atoms with E-state index < -0.39 is 0 Å². The molecule has 0 saturated carbocycles. The fourth-order valence-corrected chi connectivity index (χ4v) is 3.77. The van der Waals surface area contributed by atoms with Gasteiger partial charge in [-0.2, -0.15) is 5.10 Å². The van der Waals surface area contributed by atoms with Crippen molar-refractivity contribution >= 4 is 16.6 Å². The van der Waals surface area contributed by atoms with E-state index in [1.807, 2.05) is 18.3 Å². The lowest BCUT2D eigenvalue weighted by Crippen LogP contribution is -2.46. The lowest BCUT2D eigenvalue weighted by Gasteiger charge is -2.35. The van der Waals surface area contributed by atoms with Gasteiger partial charge in [0, 0.05) is 51.2 Å². The van der Waals surface area contributed by atoms with Gasteiger partial charge < -0.3 is 4.90 Å². The Morgan fingerprint density at radius 3 is 2.43 bits per heavy atom. The van der Waals surface area contributed by atoms with Crippen LogP contribution in [-0.4, -0.2) is 50.8 Å². The van der Waals surface area contributed by atoms with Crippen LogP contribution in [0.4, 0.5) is 5.82 Å². The van der Waals surface area contributed by atoms with E-state index in [1.54, 1.807) is 17.2 Å². The molecule has 28 heavy (non-hydrogen) atoms. The molecule has 2 aromatic heterocycles. The van der Waals surface area contributed by atoms with Gasteiger partial charge in [0.15, 0.2) is 5.82 Å². The number of piperazine rings is 1. The number of nitrogens with zero attached hydrogens (tertiary/aromatic N) is 6. The van der Waals surface area contributed by atoms with Crippen LogP contribution in [0, 0.1) is 0 Å². The highest BCUT2D eigenvalue weighted by Gasteiger charge is 2.19. The smallest absolute Gasteiger partial charge is 0.158 e. The first kappa shape index (κ1) is 16.9. The fraction of sp³-hybridized carbons (Fsp3) is 0.227. The van der Waals surface area contributed by atoms with Gasteiger partial charge in [-0.05, 0) is 28.5 Å². The van der Waals surface area contributed by atoms with Crippen LogP contribution < -0.4 is 4.90 Å². The Balaban J connectivity index is 1.24. The minimum absolute atomic E-state index is 0.800. The van der Waals surface area contributed by atoms with Crippen molar-refractivity contribution in [1.82, 2.24) is 24.6 Å². The SMILES string of the molecule is c1ccc2cc(CN3CCN(c4cc(-n5cccn5)ncn4)CC3)ccc2c1. The Morgan fingerprint density at radius 1 is 0.786 bits per heavy atom. The van der Waals surface area contributed by atoms with Gasteiger partial charge in [0.2, 0.25) is 0 Å². The molecule has 3 heterocycles. The number of hydrogen-bond donors (Lipinski definition) is 0. The number of rotatable bonds is 4. The molecule has 4 aromatic rings. The molecular formula is C22H22N6. The standard InChI is InChI=1S/C22H22N6/c1-2-5-20-14-18(6-7-19(20)4-1)16-26-10-12-27(13-11-26)21-15-22(24-17-23-21)28-9-3-8-25-28/h1-9,14-15,17H,10-13,16H2. The monoisotopic (exact) mass is 370 g/mol. The van der Waals surface area contributed by atoms with Crippen LogP contribution in [0.1, 0.15) is 5.56 Å². The van der Waals surface area contributed by atoms with Crippen molar-refractivity contribution in [2.24, 2.45) is 0 Å². The lowest BCUT2D eigenvalue weighted by molar-refractivity contribution is 0.249. The van der Waals surface area contributed by atoms with Gasteiger partial charge in [-0.25, -0.2) is 14.6 Å². The molecule has 2 aromatic carbocycles. The molecule has 140 valence electrons. The van der Waals surface area contributed by atoms with E-state index in [-0.39, 0.29) is 0 Å². The Labute approximate surface area is 164 Å². The second kappa shape index (κ2) is 7.40. The fourth-order valence-electron chi connectivity index (χ4n) is 3.77. The zero-order valence-corrected chi connectivity index (χ0v) is 15.6. The van der Waals surface area contributed by atoms with E-state index in [1.165, 1.54) is 16.3 Å². The van der Waals surface area contributed by atoms with E-state index in [0.29, 0.717) is 0 Å². The van der Waals surface area contributed by atoms with E-state index in [9.17, 15) is 0 Å². The molecule has 0 bridgehead atoms. The highest BCUT2D eigenvalue weighted by molar-refractivity contribution is 5.82. The summed E-state index contributed by atoms with van der Waals surface area (Å²) in [5, 5.41) is 6.86. The van der Waals surface area contributed by atoms with Crippen molar-refractivity contribution in [3.8, 4) is 5.82 Å². The first-order chi connectivity index (χ1) is 13.8. The molecule has 0 unspecified atom stereocenters. The van der Waals surface area contributed by atoms with Crippen molar-refractivity contribution < 1.29 is 0 Å². The van der Waals surface area contributed by atoms with Gasteiger partial charge >= 0.3 is 0 Å². The van der Waals surface area contributed by atoms with E-state index >= 15 is 0 Å². The third-order valence-corrected chi connectivity index (χ3v) is 5.29. The summed E-state index contributed by atoms with van der Waals surface area (Å²) in [4.78, 5) is 13.6. The van der Waals surface area contributed by atoms with Crippen molar-refractivity contribution in [2.75, 3.05) is 31.1 Å². The van der Waals surface area contributed by atoms with Crippen molar-refractivity contribution in [2.45, 2.75) is 6.54 Å². The Morgan fingerprint density at radius 2 is 1.61 bits per heavy atom. The Kier molecular flexibility index (Phi) is 4.47. The molecule has 0 radical (unpaired) electrons. The van der Waals surface area contributed by atoms with Crippen LogP contribution in [0.15, 0.2) is 73.3 Å². The highest BCUT2D eigenvalue weighted by atomic mass is 15.3. The van der Waals surface area contributed by atoms with Gasteiger partial charge in [0.25, 0.3) is 0 Å². The first-order valence-electron chi connectivity index (χ1n) is 9.62. The van der Waals surface area contributed by atoms with Crippen LogP contribution in [-0.2, 0) is 6.54 Å². The number of fused-ring (bicyclic) bond motifs is 1. The molecule has 1 aliphatic rings. The zero-order chi connectivity index (χ0) is 18.8. The quantitative estimate of drug-likeness (QED) is 0.552. The molecule has 0 aliphatic carbocycles. The summed E-state index contributed by atoms with van der Waals surface area (Å²) in [5.41, 5.74) is 1.37. The summed E-state index contributed by atoms with van der Waals surface area (Å²) in [6.45, 7) is 4.95. The minimum Gasteiger partial charge on any atom is -0.354 e. The van der Waals surface area contributed by atoms with E-state index in [2.05, 4.69) is 67.3 Å². The number of hydrogen-bond acceptors (Lipinski definition) is 5. The largest absolute Gasteiger partial charge is 0.354 e. The normalized spacial score (nSPS) is 15.2. The summed E-state index contributed by atoms with van der Waals surface area (Å²) in [6.07, 6.45) is 5.27. The summed E-state index contributed by atoms with van der Waals surface area (Å²) in [6, 6.07) is 19.2. The number of benzene rings is 2. The minimum atomic E-state index is 0.800. The molecule has 0 spiro atoms. The summed E-state index contributed by atoms with van der Waals surface area (Å²) in [7, 11) is 0. The average molecular weight is 370 g/mol. The molecule has 1 fully saturated rings. The number of anilines is 1. The zero-order valence-electron chi connectivity index (χ0n) is 15.6. The molecule has 0 N–H and O–H groups in total. The second-order valence-corrected chi connectivity index (χ2v) is 7.13. The van der Waals surface area contributed by atoms with Crippen molar-refractivity contribution in [3.05, 3.63) is 78.9 Å². The van der Waals surface area contributed by atoms with Gasteiger partial charge in [0.05, 0.1) is 0 Å². The molecule has 5 rings (SSSR count). The van der Waals surface area contributed by atoms with Crippen LogP contribution >= 0.6 is 0 Å². The van der Waals surface area contributed by atoms with Crippen LogP contribution in [0.3, 0.4) is 0 Å². The van der Waals surface area contributed by atoms with E-state index in [0.717, 1.165) is 44.4 Å². The van der Waals surface area contributed by atoms with Crippen molar-refractivity contribution in [1.29, 1.82) is 0 Å². The summed E-state index contributed by atoms with van der Waals surface area (Å²) in [5.74, 6) is 1.76. The number of aromatic nitrogens is 4. The molecule has 1 saturated heterocycles. The van der Waals surface area contributed by atoms with Gasteiger partial charge in [-0.3, -0.25) is 4.90 Å². The third kappa shape index (κ3) is 3.46. The van der Waals surface area contributed by atoms with Gasteiger partial charge in [0.1, 0.15) is 12.1 Å². The van der Waals surface area contributed by atoms with Crippen molar-refractivity contribution in [3.63, 3.8) is 0 Å². The van der Waals surface area contributed by atoms with Crippen LogP contribution in [0.2, 0.25) is 0 Å². The molecule has 6 nitrogen and oxygen atoms in total. The Hall–Kier alpha value is -3.25. The second-order valence-electron chi connectivity index (χ2n) is 7.13. The summed E-state index contributed by atoms with van der Waals surface area (Å²) >= 11 is 0. The van der Waals surface area contributed by atoms with Gasteiger partial charge in [-0.1, -0.05) is 36.4 Å². The maximum Gasteiger partial charge on any atom is 0.158 e. The topological polar surface area (TPSA) is 50.1 Å². The first-order valence-corrected chi connectivity index (χ1v) is 9.62. The lowest BCUT2D eigenvalue weighted by atomic mass is 10.1. The molecule has 0 atom stereocenters. The molecule has 6 heteroatoms. The Bertz CT molecular complexity index is 1070. The van der Waals surface area contributed by atoms with Crippen LogP contribution in [0.5, 0.6) is 0 Å². The molecule has 0 amide bonds. The van der Waals surface area contributed by atoms with E-state index in [4.69, 9.17) is 0 Å².